The number of ether oxygens (including phenoxy) is 2. The van der Waals surface area contributed by atoms with E-state index < -0.39 is 0 Å². The fourth-order valence-electron chi connectivity index (χ4n) is 2.81. The maximum Gasteiger partial charge on any atom is 0.302 e. The van der Waals surface area contributed by atoms with E-state index in [2.05, 4.69) is 17.5 Å². The summed E-state index contributed by atoms with van der Waals surface area (Å²) in [6.45, 7) is 3.06. The van der Waals surface area contributed by atoms with Crippen LogP contribution >= 0.6 is 0 Å². The Morgan fingerprint density at radius 1 is 1.32 bits per heavy atom. The van der Waals surface area contributed by atoms with Crippen LogP contribution in [0.2, 0.25) is 0 Å². The summed E-state index contributed by atoms with van der Waals surface area (Å²) in [4.78, 5) is 11.0. The van der Waals surface area contributed by atoms with Gasteiger partial charge in [0, 0.05) is 25.1 Å². The Morgan fingerprint density at radius 3 is 2.84 bits per heavy atom. The second-order valence-electron chi connectivity index (χ2n) is 6.17. The number of nitrogens with zero attached hydrogens (tertiary/aromatic N) is 1. The van der Waals surface area contributed by atoms with E-state index >= 15 is 0 Å². The SMILES string of the molecule is CC(=O)OCC1COc2ccc(NCc3ccc(C#N)cc3)cc2C1. The Kier molecular flexibility index (Phi) is 5.20. The van der Waals surface area contributed by atoms with Crippen LogP contribution in [0.3, 0.4) is 0 Å². The number of esters is 1. The Balaban J connectivity index is 1.61. The Hall–Kier alpha value is -3.00. The summed E-state index contributed by atoms with van der Waals surface area (Å²) in [6.07, 6.45) is 0.828. The standard InChI is InChI=1S/C20H20N2O3/c1-14(23)24-12-17-8-18-9-19(6-7-20(18)25-13-17)22-11-16-4-2-15(10-21)3-5-16/h2-7,9,17,22H,8,11-13H2,1H3. The van der Waals surface area contributed by atoms with Crippen molar-refractivity contribution in [3.8, 4) is 11.8 Å². The molecule has 1 atom stereocenters. The average Bonchev–Trinajstić information content (AvgIpc) is 2.64. The van der Waals surface area contributed by atoms with Gasteiger partial charge in [0.15, 0.2) is 0 Å². The highest BCUT2D eigenvalue weighted by Crippen LogP contribution is 2.30. The van der Waals surface area contributed by atoms with Crippen molar-refractivity contribution in [1.29, 1.82) is 5.26 Å². The molecule has 2 aromatic rings. The van der Waals surface area contributed by atoms with E-state index in [-0.39, 0.29) is 11.9 Å². The molecule has 0 aliphatic carbocycles. The summed E-state index contributed by atoms with van der Waals surface area (Å²) in [5.41, 5.74) is 3.90. The molecular formula is C20H20N2O3. The van der Waals surface area contributed by atoms with Crippen LogP contribution < -0.4 is 10.1 Å². The molecule has 0 bridgehead atoms. The number of fused-ring (bicyclic) bond motifs is 1. The first kappa shape index (κ1) is 16.8. The molecule has 0 fully saturated rings. The number of carbonyl (C=O) groups excluding carboxylic acids is 1. The molecule has 128 valence electrons. The molecule has 1 unspecified atom stereocenters. The van der Waals surface area contributed by atoms with Gasteiger partial charge in [0.2, 0.25) is 0 Å². The summed E-state index contributed by atoms with van der Waals surface area (Å²) >= 11 is 0. The molecule has 1 heterocycles. The van der Waals surface area contributed by atoms with Gasteiger partial charge in [0.05, 0.1) is 24.8 Å². The molecule has 1 aliphatic rings. The van der Waals surface area contributed by atoms with Crippen molar-refractivity contribution in [3.63, 3.8) is 0 Å². The van der Waals surface area contributed by atoms with E-state index in [0.29, 0.717) is 25.3 Å². The minimum atomic E-state index is -0.261. The maximum absolute atomic E-state index is 11.0. The molecule has 2 aromatic carbocycles. The topological polar surface area (TPSA) is 71.3 Å². The lowest BCUT2D eigenvalue weighted by atomic mass is 9.97. The predicted octanol–water partition coefficient (Wildman–Crippen LogP) is 3.28. The highest BCUT2D eigenvalue weighted by Gasteiger charge is 2.21. The lowest BCUT2D eigenvalue weighted by molar-refractivity contribution is -0.142. The number of anilines is 1. The van der Waals surface area contributed by atoms with Crippen LogP contribution in [-0.2, 0) is 22.5 Å². The average molecular weight is 336 g/mol. The normalized spacial score (nSPS) is 15.4. The van der Waals surface area contributed by atoms with Gasteiger partial charge in [-0.15, -0.1) is 0 Å². The van der Waals surface area contributed by atoms with E-state index in [9.17, 15) is 4.79 Å². The van der Waals surface area contributed by atoms with Crippen LogP contribution in [0.5, 0.6) is 5.75 Å². The zero-order valence-corrected chi connectivity index (χ0v) is 14.1. The van der Waals surface area contributed by atoms with Crippen molar-refractivity contribution in [3.05, 3.63) is 59.2 Å². The van der Waals surface area contributed by atoms with Crippen molar-refractivity contribution in [2.45, 2.75) is 19.9 Å². The van der Waals surface area contributed by atoms with Gasteiger partial charge < -0.3 is 14.8 Å². The van der Waals surface area contributed by atoms with Gasteiger partial charge >= 0.3 is 5.97 Å². The van der Waals surface area contributed by atoms with Gasteiger partial charge in [0.25, 0.3) is 0 Å². The smallest absolute Gasteiger partial charge is 0.302 e. The van der Waals surface area contributed by atoms with Crippen LogP contribution in [0.4, 0.5) is 5.69 Å². The number of nitrogens with one attached hydrogen (secondary N) is 1. The van der Waals surface area contributed by atoms with Gasteiger partial charge in [-0.05, 0) is 47.9 Å². The monoisotopic (exact) mass is 336 g/mol. The molecule has 0 saturated carbocycles. The van der Waals surface area contributed by atoms with Crippen molar-refractivity contribution in [2.75, 3.05) is 18.5 Å². The van der Waals surface area contributed by atoms with Crippen LogP contribution in [0.15, 0.2) is 42.5 Å². The molecule has 5 nitrogen and oxygen atoms in total. The number of rotatable bonds is 5. The van der Waals surface area contributed by atoms with Crippen molar-refractivity contribution in [1.82, 2.24) is 0 Å². The largest absolute Gasteiger partial charge is 0.493 e. The highest BCUT2D eigenvalue weighted by atomic mass is 16.5. The van der Waals surface area contributed by atoms with E-state index in [0.717, 1.165) is 29.0 Å². The molecule has 5 heteroatoms. The number of hydrogen-bond acceptors (Lipinski definition) is 5. The Morgan fingerprint density at radius 2 is 2.12 bits per heavy atom. The van der Waals surface area contributed by atoms with Gasteiger partial charge in [-0.1, -0.05) is 12.1 Å². The van der Waals surface area contributed by atoms with E-state index in [4.69, 9.17) is 14.7 Å². The van der Waals surface area contributed by atoms with Crippen LogP contribution in [0.1, 0.15) is 23.6 Å². The summed E-state index contributed by atoms with van der Waals surface area (Å²) in [5.74, 6) is 0.816. The molecule has 3 rings (SSSR count). The minimum Gasteiger partial charge on any atom is -0.493 e. The molecule has 25 heavy (non-hydrogen) atoms. The zero-order valence-electron chi connectivity index (χ0n) is 14.1. The molecule has 1 N–H and O–H groups in total. The van der Waals surface area contributed by atoms with E-state index in [1.54, 1.807) is 0 Å². The fraction of sp³-hybridized carbons (Fsp3) is 0.300. The number of nitriles is 1. The Bertz CT molecular complexity index is 794. The van der Waals surface area contributed by atoms with Gasteiger partial charge in [-0.3, -0.25) is 4.79 Å². The van der Waals surface area contributed by atoms with Crippen molar-refractivity contribution >= 4 is 11.7 Å². The van der Waals surface area contributed by atoms with E-state index in [1.165, 1.54) is 6.92 Å². The van der Waals surface area contributed by atoms with Gasteiger partial charge in [-0.25, -0.2) is 0 Å². The second kappa shape index (κ2) is 7.71. The number of carbonyl (C=O) groups is 1. The summed E-state index contributed by atoms with van der Waals surface area (Å²) in [7, 11) is 0. The third kappa shape index (κ3) is 4.51. The quantitative estimate of drug-likeness (QED) is 0.849. The summed E-state index contributed by atoms with van der Waals surface area (Å²) in [5, 5.41) is 12.2. The number of benzene rings is 2. The molecule has 0 aromatic heterocycles. The number of hydrogen-bond donors (Lipinski definition) is 1. The van der Waals surface area contributed by atoms with Crippen LogP contribution in [0.25, 0.3) is 0 Å². The second-order valence-corrected chi connectivity index (χ2v) is 6.17. The Labute approximate surface area is 147 Å². The molecular weight excluding hydrogens is 316 g/mol. The minimum absolute atomic E-state index is 0.185. The van der Waals surface area contributed by atoms with Crippen LogP contribution in [-0.4, -0.2) is 19.2 Å². The van der Waals surface area contributed by atoms with Crippen molar-refractivity contribution < 1.29 is 14.3 Å². The lowest BCUT2D eigenvalue weighted by Gasteiger charge is -2.25. The lowest BCUT2D eigenvalue weighted by Crippen LogP contribution is -2.26. The summed E-state index contributed by atoms with van der Waals surface area (Å²) in [6, 6.07) is 15.7. The zero-order chi connectivity index (χ0) is 17.6. The van der Waals surface area contributed by atoms with E-state index in [1.807, 2.05) is 36.4 Å². The predicted molar refractivity (Wildman–Crippen MR) is 94.2 cm³/mol. The molecule has 0 amide bonds. The molecule has 0 spiro atoms. The fourth-order valence-corrected chi connectivity index (χ4v) is 2.81. The highest BCUT2D eigenvalue weighted by molar-refractivity contribution is 5.65. The van der Waals surface area contributed by atoms with Crippen LogP contribution in [0, 0.1) is 17.2 Å². The maximum atomic E-state index is 11.0. The summed E-state index contributed by atoms with van der Waals surface area (Å²) < 4.78 is 10.9. The molecule has 0 radical (unpaired) electrons. The third-order valence-electron chi connectivity index (χ3n) is 4.15. The first-order valence-electron chi connectivity index (χ1n) is 8.26. The van der Waals surface area contributed by atoms with Crippen molar-refractivity contribution in [2.24, 2.45) is 5.92 Å². The first-order chi connectivity index (χ1) is 12.1. The van der Waals surface area contributed by atoms with Gasteiger partial charge in [-0.2, -0.15) is 5.26 Å². The molecule has 0 saturated heterocycles. The first-order valence-corrected chi connectivity index (χ1v) is 8.26. The molecule has 1 aliphatic heterocycles. The third-order valence-corrected chi connectivity index (χ3v) is 4.15. The van der Waals surface area contributed by atoms with Gasteiger partial charge in [0.1, 0.15) is 5.75 Å².